The van der Waals surface area contributed by atoms with Gasteiger partial charge in [-0.05, 0) is 5.92 Å². The van der Waals surface area contributed by atoms with Crippen molar-refractivity contribution in [3.63, 3.8) is 0 Å². The van der Waals surface area contributed by atoms with Crippen molar-refractivity contribution in [3.8, 4) is 22.5 Å². The number of amides is 1. The van der Waals surface area contributed by atoms with Crippen LogP contribution in [0.2, 0.25) is 0 Å². The van der Waals surface area contributed by atoms with Crippen LogP contribution in [0.5, 0.6) is 0 Å². The van der Waals surface area contributed by atoms with E-state index in [1.165, 1.54) is 11.8 Å². The largest absolute Gasteiger partial charge is 0.355 e. The Balaban J connectivity index is 1.84. The van der Waals surface area contributed by atoms with Crippen molar-refractivity contribution in [1.29, 1.82) is 0 Å². The SMILES string of the molecule is CC(C)CNC(=O)CSc1nnc(-c2ccccc2)c(-c2ccccc2)n1. The van der Waals surface area contributed by atoms with Crippen LogP contribution in [0.1, 0.15) is 13.8 Å². The average Bonchev–Trinajstić information content (AvgIpc) is 2.72. The predicted molar refractivity (Wildman–Crippen MR) is 109 cm³/mol. The normalized spacial score (nSPS) is 10.8. The zero-order chi connectivity index (χ0) is 19.1. The number of nitrogens with zero attached hydrogens (tertiary/aromatic N) is 3. The third kappa shape index (κ3) is 5.37. The first kappa shape index (κ1) is 19.0. The van der Waals surface area contributed by atoms with Gasteiger partial charge >= 0.3 is 0 Å². The molecule has 2 aromatic carbocycles. The van der Waals surface area contributed by atoms with Gasteiger partial charge in [0.15, 0.2) is 0 Å². The number of benzene rings is 2. The molecule has 0 fully saturated rings. The van der Waals surface area contributed by atoms with Crippen molar-refractivity contribution >= 4 is 17.7 Å². The zero-order valence-electron chi connectivity index (χ0n) is 15.4. The van der Waals surface area contributed by atoms with E-state index in [9.17, 15) is 4.79 Å². The molecule has 0 aliphatic carbocycles. The minimum Gasteiger partial charge on any atom is -0.355 e. The summed E-state index contributed by atoms with van der Waals surface area (Å²) in [7, 11) is 0. The lowest BCUT2D eigenvalue weighted by Gasteiger charge is -2.10. The van der Waals surface area contributed by atoms with E-state index in [2.05, 4.69) is 29.4 Å². The summed E-state index contributed by atoms with van der Waals surface area (Å²) in [4.78, 5) is 16.7. The molecule has 0 saturated carbocycles. The molecule has 0 saturated heterocycles. The summed E-state index contributed by atoms with van der Waals surface area (Å²) < 4.78 is 0. The maximum absolute atomic E-state index is 12.0. The molecule has 27 heavy (non-hydrogen) atoms. The van der Waals surface area contributed by atoms with Crippen molar-refractivity contribution < 1.29 is 4.79 Å². The summed E-state index contributed by atoms with van der Waals surface area (Å²) in [5, 5.41) is 12.0. The Hall–Kier alpha value is -2.73. The average molecular weight is 379 g/mol. The van der Waals surface area contributed by atoms with Gasteiger partial charge < -0.3 is 5.32 Å². The molecular weight excluding hydrogens is 356 g/mol. The molecule has 0 spiro atoms. The van der Waals surface area contributed by atoms with Crippen LogP contribution in [0, 0.1) is 5.92 Å². The minimum absolute atomic E-state index is 0.0225. The van der Waals surface area contributed by atoms with Crippen LogP contribution in [0.15, 0.2) is 65.8 Å². The first-order valence-electron chi connectivity index (χ1n) is 8.88. The van der Waals surface area contributed by atoms with Gasteiger partial charge in [0.25, 0.3) is 0 Å². The fraction of sp³-hybridized carbons (Fsp3) is 0.238. The minimum atomic E-state index is -0.0225. The highest BCUT2D eigenvalue weighted by Crippen LogP contribution is 2.29. The molecule has 1 N–H and O–H groups in total. The number of hydrogen-bond donors (Lipinski definition) is 1. The molecule has 5 nitrogen and oxygen atoms in total. The van der Waals surface area contributed by atoms with Gasteiger partial charge in [-0.2, -0.15) is 0 Å². The molecule has 1 aromatic heterocycles. The fourth-order valence-corrected chi connectivity index (χ4v) is 3.08. The van der Waals surface area contributed by atoms with Gasteiger partial charge in [0.1, 0.15) is 11.4 Å². The lowest BCUT2D eigenvalue weighted by molar-refractivity contribution is -0.118. The molecule has 1 heterocycles. The van der Waals surface area contributed by atoms with E-state index in [-0.39, 0.29) is 11.7 Å². The van der Waals surface area contributed by atoms with Gasteiger partial charge in [-0.3, -0.25) is 4.79 Å². The molecular formula is C21H22N4OS. The maximum Gasteiger partial charge on any atom is 0.230 e. The van der Waals surface area contributed by atoms with E-state index in [1.54, 1.807) is 0 Å². The Morgan fingerprint density at radius 1 is 0.926 bits per heavy atom. The Morgan fingerprint density at radius 2 is 1.52 bits per heavy atom. The summed E-state index contributed by atoms with van der Waals surface area (Å²) in [6.45, 7) is 4.80. The van der Waals surface area contributed by atoms with Crippen molar-refractivity contribution in [1.82, 2.24) is 20.5 Å². The molecule has 0 atom stereocenters. The van der Waals surface area contributed by atoms with Crippen molar-refractivity contribution in [3.05, 3.63) is 60.7 Å². The van der Waals surface area contributed by atoms with Gasteiger partial charge in [0.05, 0.1) is 5.75 Å². The van der Waals surface area contributed by atoms with Crippen LogP contribution < -0.4 is 5.32 Å². The van der Waals surface area contributed by atoms with Gasteiger partial charge in [0, 0.05) is 17.7 Å². The lowest BCUT2D eigenvalue weighted by Crippen LogP contribution is -2.28. The number of aromatic nitrogens is 3. The topological polar surface area (TPSA) is 67.8 Å². The zero-order valence-corrected chi connectivity index (χ0v) is 16.2. The maximum atomic E-state index is 12.0. The highest BCUT2D eigenvalue weighted by atomic mass is 32.2. The number of rotatable bonds is 7. The van der Waals surface area contributed by atoms with Crippen LogP contribution in [-0.2, 0) is 4.79 Å². The molecule has 0 unspecified atom stereocenters. The molecule has 0 bridgehead atoms. The quantitative estimate of drug-likeness (QED) is 0.628. The smallest absolute Gasteiger partial charge is 0.230 e. The number of carbonyl (C=O) groups excluding carboxylic acids is 1. The molecule has 6 heteroatoms. The first-order valence-corrected chi connectivity index (χ1v) is 9.87. The number of hydrogen-bond acceptors (Lipinski definition) is 5. The summed E-state index contributed by atoms with van der Waals surface area (Å²) in [6.07, 6.45) is 0. The fourth-order valence-electron chi connectivity index (χ4n) is 2.46. The molecule has 0 radical (unpaired) electrons. The second-order valence-electron chi connectivity index (χ2n) is 6.51. The van der Waals surface area contributed by atoms with E-state index >= 15 is 0 Å². The highest BCUT2D eigenvalue weighted by Gasteiger charge is 2.14. The standard InChI is InChI=1S/C21H22N4OS/c1-15(2)13-22-18(26)14-27-21-23-19(16-9-5-3-6-10-16)20(24-25-21)17-11-7-4-8-12-17/h3-12,15H,13-14H2,1-2H3,(H,22,26). The van der Waals surface area contributed by atoms with Crippen LogP contribution in [-0.4, -0.2) is 33.4 Å². The van der Waals surface area contributed by atoms with E-state index in [1.807, 2.05) is 60.7 Å². The second kappa shape index (κ2) is 9.28. The third-order valence-electron chi connectivity index (χ3n) is 3.80. The van der Waals surface area contributed by atoms with E-state index in [4.69, 9.17) is 4.98 Å². The predicted octanol–water partition coefficient (Wildman–Crippen LogP) is 4.07. The second-order valence-corrected chi connectivity index (χ2v) is 7.45. The van der Waals surface area contributed by atoms with Gasteiger partial charge in [-0.1, -0.05) is 86.3 Å². The lowest BCUT2D eigenvalue weighted by atomic mass is 10.0. The van der Waals surface area contributed by atoms with Crippen LogP contribution in [0.3, 0.4) is 0 Å². The number of carbonyl (C=O) groups is 1. The molecule has 0 aliphatic rings. The third-order valence-corrected chi connectivity index (χ3v) is 4.64. The molecule has 3 aromatic rings. The molecule has 3 rings (SSSR count). The molecule has 138 valence electrons. The van der Waals surface area contributed by atoms with Crippen LogP contribution >= 0.6 is 11.8 Å². The van der Waals surface area contributed by atoms with Gasteiger partial charge in [0.2, 0.25) is 11.1 Å². The Morgan fingerprint density at radius 3 is 2.11 bits per heavy atom. The number of nitrogens with one attached hydrogen (secondary N) is 1. The van der Waals surface area contributed by atoms with Crippen molar-refractivity contribution in [2.75, 3.05) is 12.3 Å². The molecule has 1 amide bonds. The van der Waals surface area contributed by atoms with Crippen LogP contribution in [0.4, 0.5) is 0 Å². The van der Waals surface area contributed by atoms with E-state index < -0.39 is 0 Å². The summed E-state index contributed by atoms with van der Waals surface area (Å²) >= 11 is 1.30. The summed E-state index contributed by atoms with van der Waals surface area (Å²) in [5.74, 6) is 0.672. The van der Waals surface area contributed by atoms with E-state index in [0.29, 0.717) is 17.6 Å². The Kier molecular flexibility index (Phi) is 6.54. The van der Waals surface area contributed by atoms with Gasteiger partial charge in [-0.15, -0.1) is 10.2 Å². The Labute approximate surface area is 163 Å². The summed E-state index contributed by atoms with van der Waals surface area (Å²) in [5.41, 5.74) is 3.43. The van der Waals surface area contributed by atoms with E-state index in [0.717, 1.165) is 22.5 Å². The van der Waals surface area contributed by atoms with Crippen LogP contribution in [0.25, 0.3) is 22.5 Å². The monoisotopic (exact) mass is 378 g/mol. The highest BCUT2D eigenvalue weighted by molar-refractivity contribution is 7.99. The van der Waals surface area contributed by atoms with Crippen molar-refractivity contribution in [2.24, 2.45) is 5.92 Å². The Bertz CT molecular complexity index is 885. The van der Waals surface area contributed by atoms with Crippen molar-refractivity contribution in [2.45, 2.75) is 19.0 Å². The number of thioether (sulfide) groups is 1. The molecule has 0 aliphatic heterocycles. The first-order chi connectivity index (χ1) is 13.1. The summed E-state index contributed by atoms with van der Waals surface area (Å²) in [6, 6.07) is 19.8. The van der Waals surface area contributed by atoms with Gasteiger partial charge in [-0.25, -0.2) is 4.98 Å².